The van der Waals surface area contributed by atoms with Crippen LogP contribution in [0.1, 0.15) is 95.0 Å². The van der Waals surface area contributed by atoms with Crippen LogP contribution in [0, 0.1) is 35.3 Å². The lowest BCUT2D eigenvalue weighted by Gasteiger charge is -2.38. The van der Waals surface area contributed by atoms with Crippen molar-refractivity contribution in [3.8, 4) is 5.75 Å². The Labute approximate surface area is 177 Å². The summed E-state index contributed by atoms with van der Waals surface area (Å²) >= 11 is 0. The molecule has 0 bridgehead atoms. The smallest absolute Gasteiger partial charge is 0.387 e. The van der Waals surface area contributed by atoms with Gasteiger partial charge in [-0.1, -0.05) is 38.5 Å². The number of benzene rings is 1. The largest absolute Gasteiger partial charge is 0.429 e. The Bertz CT molecular complexity index is 661. The van der Waals surface area contributed by atoms with Gasteiger partial charge in [-0.15, -0.1) is 0 Å². The summed E-state index contributed by atoms with van der Waals surface area (Å²) in [5.41, 5.74) is 0.574. The molecule has 3 fully saturated rings. The summed E-state index contributed by atoms with van der Waals surface area (Å²) in [6.07, 6.45) is 16.7. The molecule has 30 heavy (non-hydrogen) atoms. The molecule has 1 aromatic rings. The number of alkyl halides is 2. The molecule has 3 aliphatic rings. The van der Waals surface area contributed by atoms with Crippen LogP contribution in [0.3, 0.4) is 0 Å². The number of ether oxygens (including phenoxy) is 1. The quantitative estimate of drug-likeness (QED) is 0.416. The van der Waals surface area contributed by atoms with Gasteiger partial charge in [0.05, 0.1) is 0 Å². The Kier molecular flexibility index (Phi) is 7.25. The summed E-state index contributed by atoms with van der Waals surface area (Å²) in [5, 5.41) is 0. The van der Waals surface area contributed by atoms with Crippen LogP contribution in [0.2, 0.25) is 0 Å². The van der Waals surface area contributed by atoms with E-state index in [-0.39, 0.29) is 5.92 Å². The monoisotopic (exact) mass is 426 g/mol. The Morgan fingerprint density at radius 3 is 1.77 bits per heavy atom. The highest BCUT2D eigenvalue weighted by molar-refractivity contribution is 5.33. The zero-order chi connectivity index (χ0) is 21.1. The zero-order valence-electron chi connectivity index (χ0n) is 17.7. The van der Waals surface area contributed by atoms with E-state index in [0.717, 1.165) is 49.4 Å². The number of hydrogen-bond acceptors (Lipinski definition) is 1. The Morgan fingerprint density at radius 1 is 0.733 bits per heavy atom. The molecule has 0 heterocycles. The van der Waals surface area contributed by atoms with Crippen molar-refractivity contribution >= 4 is 0 Å². The topological polar surface area (TPSA) is 9.23 Å². The molecule has 5 heteroatoms. The summed E-state index contributed by atoms with van der Waals surface area (Å²) in [6, 6.07) is 2.36. The number of hydrogen-bond donors (Lipinski definition) is 0. The average molecular weight is 427 g/mol. The minimum absolute atomic E-state index is 0.101. The van der Waals surface area contributed by atoms with E-state index in [1.807, 2.05) is 0 Å². The van der Waals surface area contributed by atoms with E-state index in [9.17, 15) is 17.6 Å². The maximum atomic E-state index is 14.1. The van der Waals surface area contributed by atoms with Crippen LogP contribution >= 0.6 is 0 Å². The molecule has 0 saturated heterocycles. The molecule has 168 valence electrons. The molecule has 0 aliphatic heterocycles. The molecule has 0 N–H and O–H groups in total. The molecular weight excluding hydrogens is 392 g/mol. The predicted octanol–water partition coefficient (Wildman–Crippen LogP) is 8.23. The van der Waals surface area contributed by atoms with Gasteiger partial charge in [-0.05, 0) is 92.2 Å². The predicted molar refractivity (Wildman–Crippen MR) is 110 cm³/mol. The maximum absolute atomic E-state index is 14.1. The van der Waals surface area contributed by atoms with E-state index < -0.39 is 24.0 Å². The molecule has 4 rings (SSSR count). The van der Waals surface area contributed by atoms with Gasteiger partial charge in [-0.25, -0.2) is 8.78 Å². The Hall–Kier alpha value is -1.26. The molecule has 0 amide bonds. The van der Waals surface area contributed by atoms with Crippen molar-refractivity contribution in [2.75, 3.05) is 0 Å². The second-order valence-corrected chi connectivity index (χ2v) is 9.97. The lowest BCUT2D eigenvalue weighted by molar-refractivity contribution is -0.0546. The van der Waals surface area contributed by atoms with E-state index in [2.05, 4.69) is 4.74 Å². The molecule has 0 aromatic heterocycles. The maximum Gasteiger partial charge on any atom is 0.387 e. The highest BCUT2D eigenvalue weighted by Crippen LogP contribution is 2.46. The van der Waals surface area contributed by atoms with Gasteiger partial charge in [0.25, 0.3) is 0 Å². The SMILES string of the molecule is Fc1cc([C@H]2CC[C@H]([C@H]3CC[C@H](CC4CCCC4)CC3)CC2)cc(F)c1OC(F)F. The van der Waals surface area contributed by atoms with Crippen LogP contribution in [0.4, 0.5) is 17.6 Å². The summed E-state index contributed by atoms with van der Waals surface area (Å²) in [6.45, 7) is -3.23. The number of halogens is 4. The normalized spacial score (nSPS) is 30.7. The molecule has 1 aromatic carbocycles. The van der Waals surface area contributed by atoms with E-state index >= 15 is 0 Å². The van der Waals surface area contributed by atoms with Gasteiger partial charge >= 0.3 is 6.61 Å². The second-order valence-electron chi connectivity index (χ2n) is 9.97. The van der Waals surface area contributed by atoms with Crippen LogP contribution in [-0.4, -0.2) is 6.61 Å². The zero-order valence-corrected chi connectivity index (χ0v) is 17.7. The third-order valence-corrected chi connectivity index (χ3v) is 8.17. The van der Waals surface area contributed by atoms with Gasteiger partial charge in [0.1, 0.15) is 0 Å². The van der Waals surface area contributed by atoms with Crippen molar-refractivity contribution < 1.29 is 22.3 Å². The van der Waals surface area contributed by atoms with Gasteiger partial charge < -0.3 is 4.74 Å². The van der Waals surface area contributed by atoms with Crippen molar-refractivity contribution in [1.82, 2.24) is 0 Å². The fourth-order valence-electron chi connectivity index (χ4n) is 6.55. The van der Waals surface area contributed by atoms with Crippen molar-refractivity contribution in [1.29, 1.82) is 0 Å². The molecule has 0 atom stereocenters. The van der Waals surface area contributed by atoms with Crippen LogP contribution in [0.25, 0.3) is 0 Å². The van der Waals surface area contributed by atoms with Crippen molar-refractivity contribution in [2.45, 2.75) is 96.0 Å². The lowest BCUT2D eigenvalue weighted by atomic mass is 9.67. The van der Waals surface area contributed by atoms with Crippen molar-refractivity contribution in [3.05, 3.63) is 29.3 Å². The fourth-order valence-corrected chi connectivity index (χ4v) is 6.55. The molecular formula is C25H34F4O. The Morgan fingerprint density at radius 2 is 1.23 bits per heavy atom. The first-order valence-electron chi connectivity index (χ1n) is 11.9. The van der Waals surface area contributed by atoms with E-state index in [1.165, 1.54) is 69.9 Å². The first kappa shape index (κ1) is 22.0. The fraction of sp³-hybridized carbons (Fsp3) is 0.760. The highest BCUT2D eigenvalue weighted by Gasteiger charge is 2.33. The Balaban J connectivity index is 1.26. The van der Waals surface area contributed by atoms with Gasteiger partial charge in [0.2, 0.25) is 0 Å². The summed E-state index contributed by atoms with van der Waals surface area (Å²) in [7, 11) is 0. The first-order chi connectivity index (χ1) is 14.5. The van der Waals surface area contributed by atoms with E-state index in [4.69, 9.17) is 0 Å². The summed E-state index contributed by atoms with van der Waals surface area (Å²) in [4.78, 5) is 0. The number of rotatable bonds is 6. The van der Waals surface area contributed by atoms with Crippen LogP contribution in [0.15, 0.2) is 12.1 Å². The minimum Gasteiger partial charge on any atom is -0.429 e. The molecule has 3 saturated carbocycles. The summed E-state index contributed by atoms with van der Waals surface area (Å²) in [5.74, 6) is 0.508. The molecule has 1 nitrogen and oxygen atoms in total. The van der Waals surface area contributed by atoms with Gasteiger partial charge in [-0.2, -0.15) is 8.78 Å². The highest BCUT2D eigenvalue weighted by atomic mass is 19.3. The van der Waals surface area contributed by atoms with Crippen molar-refractivity contribution in [3.63, 3.8) is 0 Å². The molecule has 3 aliphatic carbocycles. The third-order valence-electron chi connectivity index (χ3n) is 8.17. The average Bonchev–Trinajstić information content (AvgIpc) is 3.24. The third kappa shape index (κ3) is 5.31. The molecule has 0 unspecified atom stereocenters. The standard InChI is InChI=1S/C25H34F4O/c26-22-14-21(15-23(27)24(22)30-25(28)29)20-11-9-19(10-12-20)18-7-5-17(6-8-18)13-16-3-1-2-4-16/h14-20,25H,1-13H2/t17-,18-,19-,20-. The second kappa shape index (κ2) is 9.91. The lowest BCUT2D eigenvalue weighted by Crippen LogP contribution is -2.26. The van der Waals surface area contributed by atoms with E-state index in [0.29, 0.717) is 5.56 Å². The van der Waals surface area contributed by atoms with E-state index in [1.54, 1.807) is 0 Å². The van der Waals surface area contributed by atoms with Crippen molar-refractivity contribution in [2.24, 2.45) is 23.7 Å². The van der Waals surface area contributed by atoms with Gasteiger partial charge in [-0.3, -0.25) is 0 Å². The first-order valence-corrected chi connectivity index (χ1v) is 11.9. The molecule has 0 radical (unpaired) electrons. The van der Waals surface area contributed by atoms with Gasteiger partial charge in [0.15, 0.2) is 17.4 Å². The summed E-state index contributed by atoms with van der Waals surface area (Å²) < 4.78 is 56.8. The van der Waals surface area contributed by atoms with Crippen LogP contribution in [0.5, 0.6) is 5.75 Å². The van der Waals surface area contributed by atoms with Gasteiger partial charge in [0, 0.05) is 0 Å². The minimum atomic E-state index is -3.23. The van der Waals surface area contributed by atoms with Crippen LogP contribution < -0.4 is 4.74 Å². The van der Waals surface area contributed by atoms with Crippen LogP contribution in [-0.2, 0) is 0 Å². The molecule has 0 spiro atoms.